The van der Waals surface area contributed by atoms with Gasteiger partial charge < -0.3 is 80.5 Å². The predicted molar refractivity (Wildman–Crippen MR) is 363 cm³/mol. The summed E-state index contributed by atoms with van der Waals surface area (Å²) < 4.78 is 103. The van der Waals surface area contributed by atoms with Crippen LogP contribution in [-0.4, -0.2) is 244 Å². The van der Waals surface area contributed by atoms with Crippen molar-refractivity contribution in [1.82, 2.24) is 0 Å². The second kappa shape index (κ2) is 43.9. The lowest BCUT2D eigenvalue weighted by molar-refractivity contribution is -0.311. The lowest BCUT2D eigenvalue weighted by Gasteiger charge is -2.48. The van der Waals surface area contributed by atoms with Crippen molar-refractivity contribution in [1.29, 1.82) is 0 Å². The molecule has 0 N–H and O–H groups in total. The van der Waals surface area contributed by atoms with Crippen LogP contribution in [0.5, 0.6) is 0 Å². The van der Waals surface area contributed by atoms with Crippen molar-refractivity contribution in [3.05, 3.63) is 145 Å². The standard InChI is InChI=1S/C57H65N21O26.2CH4.2B.2H2/c1-23(79)88-21-36-38(69-76-62)46(100-52(86)30-14-10-8-11-15-30)51(101-53(87)31-16-12-9-13-17-31)56(98-36)89-22-37-45(103-55-40(71-78-64)48(94-28(6)84)44(92-26(4)82)35(97-55)20-66-73-59)50(95-29(7)85)57(99-37)104-49-41(90-24(2)80)32(67-74-60)18-33(68-75-61)42(49)102-54-39(70-77-63)47(93-27(5)83)43(91-25(3)81)34(96-54)19-65-72-58;;;;;;/h8-17,32-51,54-57H,18-22H2,1-7H3;2*1H4;;;2*1H/t32-,33?,34?,35+,36?,37-,38-,39?,40?,41?,42-,43-,44-,45+,46+,47-,48?,49-,50?,51?,54-,55-,56-,57+;;;;;;/m1....../s1/i;;;;;2*1+1. The van der Waals surface area contributed by atoms with Crippen LogP contribution < -0.4 is 0 Å². The third-order valence-corrected chi connectivity index (χ3v) is 15.7. The summed E-state index contributed by atoms with van der Waals surface area (Å²) in [6, 6.07) is 5.33. The molecule has 24 atom stereocenters. The molecule has 4 heterocycles. The van der Waals surface area contributed by atoms with Crippen molar-refractivity contribution in [3.8, 4) is 0 Å². The summed E-state index contributed by atoms with van der Waals surface area (Å²) in [5.74, 6) is -9.67. The van der Waals surface area contributed by atoms with E-state index in [4.69, 9.17) is 80.5 Å². The summed E-state index contributed by atoms with van der Waals surface area (Å²) in [6.07, 6.45) is -38.1. The van der Waals surface area contributed by atoms with E-state index < -0.39 is 233 Å². The highest BCUT2D eigenvalue weighted by atomic mass is 16.8. The number of benzene rings is 2. The Bertz CT molecular complexity index is 3840. The SMILES string of the molecule is C.C.CC(=O)OCC1O[C@@H](OC[C@H]2O[C@@H](O[C@@H]3C(OC(C)=O)[C@H](N=[N+]=[N-])CC(N=[N+]=[N-])[C@H]3O[C@H]3OC(CN=[N+]=[N-])[C@@H](OC(C)=O)[C@H](OC(C)=O)C3N=[N+]=[N-])C(OC(C)=O)[C@H]2O[C@H]2O[C@@H](CN=[N+]=[N-])[C@@H](OC(C)=O)C(OC(C)=O)C2N=[N+]=[N-])C(OC(=O)c2ccccc2)[C@@H](OC(=O)c2ccccc2)[C@@H]1N=[N+]=[N-].[2HH].[2HH].[B].[B]. The van der Waals surface area contributed by atoms with Gasteiger partial charge >= 0.3 is 53.7 Å². The molecule has 4 saturated heterocycles. The first-order chi connectivity index (χ1) is 49.9. The van der Waals surface area contributed by atoms with Gasteiger partial charge in [0.2, 0.25) is 0 Å². The molecule has 5 fully saturated rings. The van der Waals surface area contributed by atoms with Crippen LogP contribution in [0.1, 0.15) is 93.3 Å². The molecule has 4 aliphatic heterocycles. The van der Waals surface area contributed by atoms with Crippen molar-refractivity contribution in [3.63, 3.8) is 0 Å². The van der Waals surface area contributed by atoms with Crippen molar-refractivity contribution in [2.45, 2.75) is 217 Å². The molecular weight excluding hydrogens is 1440 g/mol. The lowest BCUT2D eigenvalue weighted by atomic mass is 9.83. The van der Waals surface area contributed by atoms with Gasteiger partial charge in [-0.25, -0.2) is 9.59 Å². The maximum atomic E-state index is 14.3. The summed E-state index contributed by atoms with van der Waals surface area (Å²) in [5.41, 5.74) is 69.2. The van der Waals surface area contributed by atoms with E-state index in [1.54, 1.807) is 12.1 Å². The van der Waals surface area contributed by atoms with Crippen LogP contribution in [0.4, 0.5) is 0 Å². The number of hydrogen-bond donors (Lipinski definition) is 0. The lowest BCUT2D eigenvalue weighted by Crippen LogP contribution is -2.65. The molecule has 47 nitrogen and oxygen atoms in total. The zero-order valence-electron chi connectivity index (χ0n) is 56.8. The largest absolute Gasteiger partial charge is 0.463 e. The van der Waals surface area contributed by atoms with Gasteiger partial charge in [-0.05, 0) is 69.4 Å². The minimum absolute atomic E-state index is 0. The molecule has 9 unspecified atom stereocenters. The molecule has 580 valence electrons. The van der Waals surface area contributed by atoms with E-state index in [1.165, 1.54) is 48.5 Å². The molecule has 2 aromatic carbocycles. The first-order valence-corrected chi connectivity index (χ1v) is 31.0. The molecule has 0 amide bonds. The van der Waals surface area contributed by atoms with Crippen molar-refractivity contribution in [2.24, 2.45) is 35.8 Å². The fraction of sp³-hybridized carbons (Fsp3) is 0.644. The van der Waals surface area contributed by atoms with Crippen LogP contribution >= 0.6 is 0 Å². The van der Waals surface area contributed by atoms with Gasteiger partial charge in [-0.2, -0.15) is 0 Å². The minimum atomic E-state index is -2.31. The van der Waals surface area contributed by atoms with Gasteiger partial charge in [0.15, 0.2) is 67.9 Å². The third-order valence-electron chi connectivity index (χ3n) is 15.7. The van der Waals surface area contributed by atoms with Crippen LogP contribution in [0.25, 0.3) is 73.1 Å². The normalized spacial score (nSPS) is 30.5. The number of carbonyl (C=O) groups is 9. The first-order valence-electron chi connectivity index (χ1n) is 31.0. The minimum Gasteiger partial charge on any atom is -0.463 e. The molecule has 0 spiro atoms. The summed E-state index contributed by atoms with van der Waals surface area (Å²) in [6.45, 7) is 3.16. The number of carbonyl (C=O) groups excluding carboxylic acids is 9. The summed E-state index contributed by atoms with van der Waals surface area (Å²) in [7, 11) is 0. The van der Waals surface area contributed by atoms with Gasteiger partial charge in [0.25, 0.3) is 0 Å². The van der Waals surface area contributed by atoms with Crippen molar-refractivity contribution < 1.29 is 127 Å². The maximum Gasteiger partial charge on any atom is 0.338 e. The van der Waals surface area contributed by atoms with Crippen LogP contribution in [0, 0.1) is 0 Å². The molecular formula is C59H77B2N21O26. The Morgan fingerprint density at radius 3 is 1.15 bits per heavy atom. The first kappa shape index (κ1) is 90.9. The number of rotatable bonds is 30. The molecule has 0 aromatic heterocycles. The molecule has 0 bridgehead atoms. The van der Waals surface area contributed by atoms with Crippen LogP contribution in [0.3, 0.4) is 0 Å². The second-order valence-electron chi connectivity index (χ2n) is 22.7. The number of azide groups is 7. The van der Waals surface area contributed by atoms with E-state index in [1.807, 2.05) is 0 Å². The van der Waals surface area contributed by atoms with Crippen LogP contribution in [0.15, 0.2) is 96.5 Å². The van der Waals surface area contributed by atoms with Gasteiger partial charge in [-0.1, -0.05) is 87.1 Å². The van der Waals surface area contributed by atoms with Gasteiger partial charge in [-0.3, -0.25) is 33.6 Å². The predicted octanol–water partition coefficient (Wildman–Crippen LogP) is 7.08. The number of nitrogens with zero attached hydrogens (tertiary/aromatic N) is 21. The molecule has 5 aliphatic rings. The zero-order valence-corrected chi connectivity index (χ0v) is 56.8. The summed E-state index contributed by atoms with van der Waals surface area (Å²) in [5, 5.41) is 26.1. The number of esters is 9. The molecule has 49 heteroatoms. The van der Waals surface area contributed by atoms with E-state index >= 15 is 0 Å². The third kappa shape index (κ3) is 24.1. The Morgan fingerprint density at radius 1 is 0.370 bits per heavy atom. The summed E-state index contributed by atoms with van der Waals surface area (Å²) >= 11 is 0. The Hall–Kier alpha value is -11.4. The van der Waals surface area contributed by atoms with Crippen molar-refractivity contribution >= 4 is 70.5 Å². The highest BCUT2D eigenvalue weighted by Crippen LogP contribution is 2.42. The fourth-order valence-corrected chi connectivity index (χ4v) is 11.8. The smallest absolute Gasteiger partial charge is 0.338 e. The Labute approximate surface area is 619 Å². The van der Waals surface area contributed by atoms with Gasteiger partial charge in [0.1, 0.15) is 67.5 Å². The van der Waals surface area contributed by atoms with E-state index in [0.717, 1.165) is 48.5 Å². The van der Waals surface area contributed by atoms with E-state index in [0.29, 0.717) is 0 Å². The molecule has 7 rings (SSSR count). The van der Waals surface area contributed by atoms with E-state index in [2.05, 4.69) is 70.2 Å². The quantitative estimate of drug-likeness (QED) is 0.0188. The highest BCUT2D eigenvalue weighted by Gasteiger charge is 2.60. The van der Waals surface area contributed by atoms with E-state index in [9.17, 15) is 81.9 Å². The van der Waals surface area contributed by atoms with Gasteiger partial charge in [0.05, 0.1) is 49.0 Å². The molecule has 6 radical (unpaired) electrons. The molecule has 1 saturated carbocycles. The van der Waals surface area contributed by atoms with Gasteiger partial charge in [-0.15, -0.1) is 0 Å². The average Bonchev–Trinajstić information content (AvgIpc) is 1.51. The topological polar surface area (TPSA) is 652 Å². The summed E-state index contributed by atoms with van der Waals surface area (Å²) in [4.78, 5) is 139. The molecule has 108 heavy (non-hydrogen) atoms. The molecule has 1 aliphatic carbocycles. The Morgan fingerprint density at radius 2 is 0.722 bits per heavy atom. The maximum absolute atomic E-state index is 14.3. The Balaban J connectivity index is 0.0000101. The van der Waals surface area contributed by atoms with Crippen LogP contribution in [-0.2, 0) is 114 Å². The number of hydrogen-bond acceptors (Lipinski definition) is 33. The van der Waals surface area contributed by atoms with E-state index in [-0.39, 0.29) is 45.7 Å². The fourth-order valence-electron chi connectivity index (χ4n) is 11.8. The zero-order chi connectivity index (χ0) is 75.7. The van der Waals surface area contributed by atoms with Gasteiger partial charge in [0, 0.05) is 103 Å². The highest BCUT2D eigenvalue weighted by molar-refractivity contribution is 5.90. The number of ether oxygens (including phenoxy) is 17. The second-order valence-corrected chi connectivity index (χ2v) is 22.7. The monoisotopic (exact) mass is 1520 g/mol. The van der Waals surface area contributed by atoms with Crippen LogP contribution in [0.2, 0.25) is 0 Å². The Kier molecular flexibility index (Phi) is 37.0. The average molecular weight is 1520 g/mol. The van der Waals surface area contributed by atoms with Crippen molar-refractivity contribution in [2.75, 3.05) is 26.3 Å². The molecule has 2 aromatic rings.